The molecule has 2 N–H and O–H groups in total. The van der Waals surface area contributed by atoms with Crippen LogP contribution in [0.3, 0.4) is 0 Å². The van der Waals surface area contributed by atoms with Crippen molar-refractivity contribution in [1.82, 2.24) is 18.7 Å². The predicted molar refractivity (Wildman–Crippen MR) is 126 cm³/mol. The first-order chi connectivity index (χ1) is 15.3. The SMILES string of the molecule is Cn1c(=O)c2c(nc(NCCc3ccc(O)cc3)n2Cc2ccc(Cl)cc2Cl)n(C)c1=O. The summed E-state index contributed by atoms with van der Waals surface area (Å²) < 4.78 is 4.13. The number of imidazole rings is 1. The number of hydrogen-bond donors (Lipinski definition) is 2. The number of aromatic nitrogens is 4. The summed E-state index contributed by atoms with van der Waals surface area (Å²) >= 11 is 12.4. The van der Waals surface area contributed by atoms with Crippen LogP contribution in [0, 0.1) is 0 Å². The third-order valence-electron chi connectivity index (χ3n) is 5.32. The first-order valence-corrected chi connectivity index (χ1v) is 10.6. The molecule has 0 fully saturated rings. The van der Waals surface area contributed by atoms with Gasteiger partial charge in [0.2, 0.25) is 5.95 Å². The number of aryl methyl sites for hydroxylation is 1. The molecular formula is C22H21Cl2N5O3. The number of aromatic hydroxyl groups is 1. The van der Waals surface area contributed by atoms with Crippen LogP contribution in [0.2, 0.25) is 10.0 Å². The number of anilines is 1. The van der Waals surface area contributed by atoms with Crippen molar-refractivity contribution in [3.8, 4) is 5.75 Å². The van der Waals surface area contributed by atoms with Crippen molar-refractivity contribution >= 4 is 40.3 Å². The molecule has 166 valence electrons. The third-order valence-corrected chi connectivity index (χ3v) is 5.91. The monoisotopic (exact) mass is 473 g/mol. The van der Waals surface area contributed by atoms with Crippen molar-refractivity contribution in [2.24, 2.45) is 14.1 Å². The van der Waals surface area contributed by atoms with E-state index in [0.717, 1.165) is 15.7 Å². The summed E-state index contributed by atoms with van der Waals surface area (Å²) in [5, 5.41) is 13.7. The molecule has 2 aromatic carbocycles. The van der Waals surface area contributed by atoms with Gasteiger partial charge in [0.25, 0.3) is 5.56 Å². The lowest BCUT2D eigenvalue weighted by molar-refractivity contribution is 0.475. The van der Waals surface area contributed by atoms with Gasteiger partial charge >= 0.3 is 5.69 Å². The highest BCUT2D eigenvalue weighted by atomic mass is 35.5. The van der Waals surface area contributed by atoms with E-state index in [-0.39, 0.29) is 17.9 Å². The summed E-state index contributed by atoms with van der Waals surface area (Å²) in [5.41, 5.74) is 1.48. The van der Waals surface area contributed by atoms with Crippen molar-refractivity contribution in [2.45, 2.75) is 13.0 Å². The van der Waals surface area contributed by atoms with Crippen LogP contribution in [0.1, 0.15) is 11.1 Å². The molecule has 0 atom stereocenters. The largest absolute Gasteiger partial charge is 0.508 e. The Labute approximate surface area is 193 Å². The van der Waals surface area contributed by atoms with Crippen molar-refractivity contribution in [2.75, 3.05) is 11.9 Å². The van der Waals surface area contributed by atoms with E-state index in [1.54, 1.807) is 41.9 Å². The highest BCUT2D eigenvalue weighted by Gasteiger charge is 2.20. The molecule has 2 aromatic heterocycles. The molecule has 0 aliphatic heterocycles. The standard InChI is InChI=1S/C22H21Cl2N5O3/c1-27-19-18(20(31)28(2)22(27)32)29(12-14-5-6-15(23)11-17(14)24)21(26-19)25-10-9-13-3-7-16(30)8-4-13/h3-8,11,30H,9-10,12H2,1-2H3,(H,25,26). The molecule has 0 saturated carbocycles. The molecule has 32 heavy (non-hydrogen) atoms. The molecule has 0 aliphatic carbocycles. The summed E-state index contributed by atoms with van der Waals surface area (Å²) in [6, 6.07) is 12.1. The van der Waals surface area contributed by atoms with E-state index in [4.69, 9.17) is 23.2 Å². The zero-order chi connectivity index (χ0) is 23.0. The average molecular weight is 474 g/mol. The van der Waals surface area contributed by atoms with Crippen LogP contribution in [0.4, 0.5) is 5.95 Å². The number of phenols is 1. The Kier molecular flexibility index (Phi) is 5.99. The van der Waals surface area contributed by atoms with Crippen LogP contribution < -0.4 is 16.6 Å². The Bertz CT molecular complexity index is 1420. The summed E-state index contributed by atoms with van der Waals surface area (Å²) in [6.45, 7) is 0.790. The maximum absolute atomic E-state index is 13.0. The Balaban J connectivity index is 1.76. The fourth-order valence-corrected chi connectivity index (χ4v) is 4.01. The Morgan fingerprint density at radius 2 is 1.75 bits per heavy atom. The Morgan fingerprint density at radius 1 is 1.03 bits per heavy atom. The highest BCUT2D eigenvalue weighted by molar-refractivity contribution is 6.35. The molecule has 4 aromatic rings. The number of phenolic OH excluding ortho intramolecular Hbond substituents is 1. The topological polar surface area (TPSA) is 94.1 Å². The van der Waals surface area contributed by atoms with Gasteiger partial charge in [-0.25, -0.2) is 4.79 Å². The van der Waals surface area contributed by atoms with E-state index in [1.165, 1.54) is 11.6 Å². The fraction of sp³-hybridized carbons (Fsp3) is 0.227. The van der Waals surface area contributed by atoms with Gasteiger partial charge in [-0.3, -0.25) is 18.5 Å². The van der Waals surface area contributed by atoms with Crippen molar-refractivity contribution in [3.05, 3.63) is 84.5 Å². The maximum Gasteiger partial charge on any atom is 0.332 e. The second-order valence-corrected chi connectivity index (χ2v) is 8.32. The van der Waals surface area contributed by atoms with E-state index in [0.29, 0.717) is 34.5 Å². The smallest absolute Gasteiger partial charge is 0.332 e. The zero-order valence-corrected chi connectivity index (χ0v) is 19.0. The zero-order valence-electron chi connectivity index (χ0n) is 17.5. The number of hydrogen-bond acceptors (Lipinski definition) is 5. The van der Waals surface area contributed by atoms with E-state index in [1.807, 2.05) is 12.1 Å². The summed E-state index contributed by atoms with van der Waals surface area (Å²) in [7, 11) is 3.02. The third kappa shape index (κ3) is 4.11. The second-order valence-electron chi connectivity index (χ2n) is 7.48. The molecule has 0 spiro atoms. The number of nitrogens with one attached hydrogen (secondary N) is 1. The molecule has 10 heteroatoms. The fourth-order valence-electron chi connectivity index (χ4n) is 3.54. The summed E-state index contributed by atoms with van der Waals surface area (Å²) in [5.74, 6) is 0.656. The minimum atomic E-state index is -0.452. The lowest BCUT2D eigenvalue weighted by Gasteiger charge is -2.12. The van der Waals surface area contributed by atoms with Crippen LogP contribution in [-0.4, -0.2) is 30.3 Å². The normalized spacial score (nSPS) is 11.2. The predicted octanol–water partition coefficient (Wildman–Crippen LogP) is 3.15. The minimum Gasteiger partial charge on any atom is -0.508 e. The van der Waals surface area contributed by atoms with E-state index in [2.05, 4.69) is 10.3 Å². The lowest BCUT2D eigenvalue weighted by atomic mass is 10.1. The number of nitrogens with zero attached hydrogens (tertiary/aromatic N) is 4. The van der Waals surface area contributed by atoms with Gasteiger partial charge in [-0.15, -0.1) is 0 Å². The molecular weight excluding hydrogens is 453 g/mol. The van der Waals surface area contributed by atoms with Crippen molar-refractivity contribution in [3.63, 3.8) is 0 Å². The van der Waals surface area contributed by atoms with Gasteiger partial charge in [0.15, 0.2) is 11.2 Å². The van der Waals surface area contributed by atoms with Crippen LogP contribution in [0.25, 0.3) is 11.2 Å². The van der Waals surface area contributed by atoms with Crippen LogP contribution in [0.15, 0.2) is 52.1 Å². The van der Waals surface area contributed by atoms with Crippen LogP contribution in [0.5, 0.6) is 5.75 Å². The number of rotatable bonds is 6. The molecule has 2 heterocycles. The quantitative estimate of drug-likeness (QED) is 0.448. The number of halogens is 2. The molecule has 0 amide bonds. The lowest BCUT2D eigenvalue weighted by Crippen LogP contribution is -2.37. The van der Waals surface area contributed by atoms with Gasteiger partial charge in [-0.05, 0) is 41.8 Å². The molecule has 0 aliphatic rings. The minimum absolute atomic E-state index is 0.208. The molecule has 8 nitrogen and oxygen atoms in total. The Morgan fingerprint density at radius 3 is 2.44 bits per heavy atom. The van der Waals surface area contributed by atoms with Crippen LogP contribution in [-0.2, 0) is 27.1 Å². The number of benzene rings is 2. The highest BCUT2D eigenvalue weighted by Crippen LogP contribution is 2.25. The first kappa shape index (κ1) is 22.0. The van der Waals surface area contributed by atoms with Gasteiger partial charge in [0, 0.05) is 30.7 Å². The molecule has 4 rings (SSSR count). The van der Waals surface area contributed by atoms with E-state index < -0.39 is 11.2 Å². The second kappa shape index (κ2) is 8.72. The first-order valence-electron chi connectivity index (χ1n) is 9.88. The van der Waals surface area contributed by atoms with Gasteiger partial charge in [0.1, 0.15) is 5.75 Å². The van der Waals surface area contributed by atoms with Crippen LogP contribution >= 0.6 is 23.2 Å². The number of fused-ring (bicyclic) bond motifs is 1. The summed E-state index contributed by atoms with van der Waals surface area (Å²) in [6.07, 6.45) is 0.669. The Hall–Kier alpha value is -3.23. The van der Waals surface area contributed by atoms with Crippen molar-refractivity contribution in [1.29, 1.82) is 0 Å². The molecule has 0 unspecified atom stereocenters. The molecule has 0 bridgehead atoms. The molecule has 0 saturated heterocycles. The van der Waals surface area contributed by atoms with Crippen molar-refractivity contribution < 1.29 is 5.11 Å². The summed E-state index contributed by atoms with van der Waals surface area (Å²) in [4.78, 5) is 29.9. The molecule has 0 radical (unpaired) electrons. The average Bonchev–Trinajstić information content (AvgIpc) is 3.12. The van der Waals surface area contributed by atoms with Gasteiger partial charge in [-0.1, -0.05) is 41.4 Å². The maximum atomic E-state index is 13.0. The van der Waals surface area contributed by atoms with Gasteiger partial charge in [0.05, 0.1) is 6.54 Å². The van der Waals surface area contributed by atoms with Gasteiger partial charge < -0.3 is 10.4 Å². The van der Waals surface area contributed by atoms with E-state index >= 15 is 0 Å². The van der Waals surface area contributed by atoms with Gasteiger partial charge in [-0.2, -0.15) is 4.98 Å². The van der Waals surface area contributed by atoms with E-state index in [9.17, 15) is 14.7 Å².